The number of benzene rings is 2. The van der Waals surface area contributed by atoms with Crippen molar-refractivity contribution in [2.75, 3.05) is 5.32 Å². The number of hydrogen-bond donors (Lipinski definition) is 1. The first-order valence-corrected chi connectivity index (χ1v) is 10.6. The number of hydrogen-bond acceptors (Lipinski definition) is 4. The average molecular weight is 412 g/mol. The van der Waals surface area contributed by atoms with Gasteiger partial charge in [0.25, 0.3) is 5.91 Å². The molecule has 0 radical (unpaired) electrons. The summed E-state index contributed by atoms with van der Waals surface area (Å²) in [6.07, 6.45) is 6.87. The van der Waals surface area contributed by atoms with E-state index in [1.165, 1.54) is 0 Å². The van der Waals surface area contributed by atoms with Crippen LogP contribution in [0.3, 0.4) is 0 Å². The zero-order valence-electron chi connectivity index (χ0n) is 17.7. The molecule has 5 rings (SSSR count). The van der Waals surface area contributed by atoms with Crippen molar-refractivity contribution in [2.45, 2.75) is 45.1 Å². The third-order valence-electron chi connectivity index (χ3n) is 6.43. The van der Waals surface area contributed by atoms with E-state index in [1.807, 2.05) is 50.2 Å². The fourth-order valence-corrected chi connectivity index (χ4v) is 4.42. The van der Waals surface area contributed by atoms with Crippen molar-refractivity contribution >= 4 is 17.4 Å². The molecular formula is C26H24N2O3. The second-order valence-corrected chi connectivity index (χ2v) is 8.62. The Balaban J connectivity index is 1.41. The molecular weight excluding hydrogens is 388 g/mol. The maximum Gasteiger partial charge on any atom is 0.255 e. The largest absolute Gasteiger partial charge is 0.486 e. The van der Waals surface area contributed by atoms with E-state index in [9.17, 15) is 9.59 Å². The second-order valence-electron chi connectivity index (χ2n) is 8.62. The predicted molar refractivity (Wildman–Crippen MR) is 120 cm³/mol. The van der Waals surface area contributed by atoms with Crippen molar-refractivity contribution in [2.24, 2.45) is 0 Å². The fourth-order valence-electron chi connectivity index (χ4n) is 4.42. The number of aryl methyl sites for hydroxylation is 2. The van der Waals surface area contributed by atoms with Crippen molar-refractivity contribution in [1.82, 2.24) is 4.98 Å². The number of nitrogens with one attached hydrogen (secondary N) is 1. The van der Waals surface area contributed by atoms with Gasteiger partial charge in [0.05, 0.1) is 12.0 Å². The Morgan fingerprint density at radius 3 is 2.48 bits per heavy atom. The molecule has 1 aliphatic carbocycles. The number of amides is 1. The molecule has 0 bridgehead atoms. The molecule has 156 valence electrons. The molecule has 2 aromatic carbocycles. The van der Waals surface area contributed by atoms with Gasteiger partial charge in [0.1, 0.15) is 11.4 Å². The van der Waals surface area contributed by atoms with E-state index < -0.39 is 0 Å². The molecule has 1 aliphatic heterocycles. The highest BCUT2D eigenvalue weighted by Crippen LogP contribution is 2.46. The number of rotatable bonds is 3. The molecule has 1 N–H and O–H groups in total. The number of aromatic nitrogens is 1. The third kappa shape index (κ3) is 3.50. The molecule has 2 heterocycles. The number of anilines is 1. The molecule has 0 atom stereocenters. The average Bonchev–Trinajstić information content (AvgIpc) is 2.74. The molecule has 1 spiro atoms. The van der Waals surface area contributed by atoms with Crippen molar-refractivity contribution in [3.8, 4) is 16.9 Å². The number of pyridine rings is 1. The number of fused-ring (bicyclic) bond motifs is 1. The van der Waals surface area contributed by atoms with Gasteiger partial charge in [-0.2, -0.15) is 0 Å². The van der Waals surface area contributed by atoms with Crippen LogP contribution in [0.25, 0.3) is 11.1 Å². The van der Waals surface area contributed by atoms with Gasteiger partial charge in [-0.1, -0.05) is 12.1 Å². The van der Waals surface area contributed by atoms with Gasteiger partial charge in [-0.15, -0.1) is 0 Å². The van der Waals surface area contributed by atoms with Crippen LogP contribution in [-0.4, -0.2) is 22.3 Å². The number of Topliss-reactive ketones (excluding diaryl/α,β-unsaturated/α-hetero) is 1. The minimum absolute atomic E-state index is 0.163. The molecule has 0 unspecified atom stereocenters. The first kappa shape index (κ1) is 19.5. The second kappa shape index (κ2) is 7.34. The van der Waals surface area contributed by atoms with Gasteiger partial charge in [-0.3, -0.25) is 14.6 Å². The Hall–Kier alpha value is -3.47. The van der Waals surface area contributed by atoms with Crippen LogP contribution in [0, 0.1) is 13.8 Å². The summed E-state index contributed by atoms with van der Waals surface area (Å²) in [5.41, 5.74) is 5.66. The lowest BCUT2D eigenvalue weighted by molar-refractivity contribution is -0.0177. The molecule has 31 heavy (non-hydrogen) atoms. The van der Waals surface area contributed by atoms with E-state index in [1.54, 1.807) is 18.5 Å². The Labute approximate surface area is 181 Å². The Bertz CT molecular complexity index is 1190. The van der Waals surface area contributed by atoms with E-state index in [0.29, 0.717) is 23.3 Å². The van der Waals surface area contributed by atoms with Crippen molar-refractivity contribution in [3.05, 3.63) is 77.1 Å². The van der Waals surface area contributed by atoms with Crippen molar-refractivity contribution in [3.63, 3.8) is 0 Å². The lowest BCUT2D eigenvalue weighted by Crippen LogP contribution is -2.47. The molecule has 1 amide bonds. The van der Waals surface area contributed by atoms with E-state index in [2.05, 4.69) is 10.3 Å². The maximum absolute atomic E-state index is 12.7. The quantitative estimate of drug-likeness (QED) is 0.616. The topological polar surface area (TPSA) is 68.3 Å². The van der Waals surface area contributed by atoms with Gasteiger partial charge in [0, 0.05) is 23.6 Å². The zero-order chi connectivity index (χ0) is 21.6. The van der Waals surface area contributed by atoms with Crippen LogP contribution < -0.4 is 10.1 Å². The first-order chi connectivity index (χ1) is 14.9. The number of ether oxygens (including phenoxy) is 1. The van der Waals surface area contributed by atoms with Crippen LogP contribution in [0.1, 0.15) is 57.5 Å². The van der Waals surface area contributed by atoms with Crippen LogP contribution in [0.5, 0.6) is 5.75 Å². The minimum Gasteiger partial charge on any atom is -0.486 e. The standard InChI is InChI=1S/C26H24N2O3/c1-16-12-21-23(29)14-26(9-3-10-26)31-24(21)13-20(16)18-4-6-19(7-5-18)25(30)28-22-8-11-27-15-17(22)2/h4-8,11-13,15H,3,9-10,14H2,1-2H3,(H,27,28,30). The molecule has 5 heteroatoms. The third-order valence-corrected chi connectivity index (χ3v) is 6.43. The molecule has 3 aromatic rings. The van der Waals surface area contributed by atoms with Crippen LogP contribution >= 0.6 is 0 Å². The van der Waals surface area contributed by atoms with Crippen molar-refractivity contribution < 1.29 is 14.3 Å². The number of nitrogens with zero attached hydrogens (tertiary/aromatic N) is 1. The smallest absolute Gasteiger partial charge is 0.255 e. The first-order valence-electron chi connectivity index (χ1n) is 10.6. The van der Waals surface area contributed by atoms with Crippen LogP contribution in [-0.2, 0) is 0 Å². The Morgan fingerprint density at radius 1 is 1.03 bits per heavy atom. The summed E-state index contributed by atoms with van der Waals surface area (Å²) in [7, 11) is 0. The fraction of sp³-hybridized carbons (Fsp3) is 0.269. The summed E-state index contributed by atoms with van der Waals surface area (Å²) in [5, 5.41) is 2.93. The summed E-state index contributed by atoms with van der Waals surface area (Å²) < 4.78 is 6.29. The van der Waals surface area contributed by atoms with Gasteiger partial charge in [0.15, 0.2) is 5.78 Å². The lowest BCUT2D eigenvalue weighted by atomic mass is 9.74. The molecule has 5 nitrogen and oxygen atoms in total. The van der Waals surface area contributed by atoms with E-state index >= 15 is 0 Å². The summed E-state index contributed by atoms with van der Waals surface area (Å²) in [4.78, 5) is 29.3. The molecule has 0 saturated heterocycles. The molecule has 1 aromatic heterocycles. The highest BCUT2D eigenvalue weighted by Gasteiger charge is 2.45. The Kier molecular flexibility index (Phi) is 4.62. The predicted octanol–water partition coefficient (Wildman–Crippen LogP) is 5.51. The SMILES string of the molecule is Cc1cnccc1NC(=O)c1ccc(-c2cc3c(cc2C)C(=O)CC2(CCC2)O3)cc1. The lowest BCUT2D eigenvalue weighted by Gasteiger charge is -2.44. The van der Waals surface area contributed by atoms with E-state index in [0.717, 1.165) is 47.2 Å². The zero-order valence-corrected chi connectivity index (χ0v) is 17.7. The minimum atomic E-state index is -0.288. The van der Waals surface area contributed by atoms with Crippen LogP contribution in [0.2, 0.25) is 0 Å². The van der Waals surface area contributed by atoms with Gasteiger partial charge < -0.3 is 10.1 Å². The highest BCUT2D eigenvalue weighted by atomic mass is 16.5. The van der Waals surface area contributed by atoms with E-state index in [-0.39, 0.29) is 17.3 Å². The van der Waals surface area contributed by atoms with Crippen LogP contribution in [0.4, 0.5) is 5.69 Å². The molecule has 1 fully saturated rings. The van der Waals surface area contributed by atoms with Gasteiger partial charge in [-0.25, -0.2) is 0 Å². The maximum atomic E-state index is 12.7. The van der Waals surface area contributed by atoms with Crippen LogP contribution in [0.15, 0.2) is 54.9 Å². The van der Waals surface area contributed by atoms with Gasteiger partial charge >= 0.3 is 0 Å². The van der Waals surface area contributed by atoms with E-state index in [4.69, 9.17) is 4.74 Å². The van der Waals surface area contributed by atoms with Crippen molar-refractivity contribution in [1.29, 1.82) is 0 Å². The monoisotopic (exact) mass is 412 g/mol. The normalized spacial score (nSPS) is 16.3. The Morgan fingerprint density at radius 2 is 1.81 bits per heavy atom. The molecule has 1 saturated carbocycles. The van der Waals surface area contributed by atoms with Gasteiger partial charge in [0.2, 0.25) is 0 Å². The number of carbonyl (C=O) groups is 2. The highest BCUT2D eigenvalue weighted by molar-refractivity contribution is 6.05. The summed E-state index contributed by atoms with van der Waals surface area (Å²) in [6.45, 7) is 3.91. The van der Waals surface area contributed by atoms with Gasteiger partial charge in [-0.05, 0) is 85.7 Å². The molecule has 2 aliphatic rings. The summed E-state index contributed by atoms with van der Waals surface area (Å²) in [5.74, 6) is 0.699. The summed E-state index contributed by atoms with van der Waals surface area (Å²) >= 11 is 0. The number of ketones is 1. The number of carbonyl (C=O) groups excluding carboxylic acids is 2. The summed E-state index contributed by atoms with van der Waals surface area (Å²) in [6, 6.07) is 13.2.